The number of benzene rings is 2. The summed E-state index contributed by atoms with van der Waals surface area (Å²) in [5.41, 5.74) is 7.60. The maximum absolute atomic E-state index is 12.7. The molecule has 0 spiro atoms. The van der Waals surface area contributed by atoms with Gasteiger partial charge in [0.25, 0.3) is 0 Å². The van der Waals surface area contributed by atoms with Gasteiger partial charge in [0, 0.05) is 12.2 Å². The Labute approximate surface area is 153 Å². The number of anilines is 1. The van der Waals surface area contributed by atoms with Gasteiger partial charge in [-0.2, -0.15) is 0 Å². The van der Waals surface area contributed by atoms with E-state index in [1.54, 1.807) is 4.90 Å². The molecule has 1 heterocycles. The van der Waals surface area contributed by atoms with Gasteiger partial charge in [-0.1, -0.05) is 48.5 Å². The number of rotatable bonds is 4. The Hall–Kier alpha value is -2.37. The van der Waals surface area contributed by atoms with Crippen LogP contribution in [0.2, 0.25) is 0 Å². The molecule has 2 aromatic carbocycles. The van der Waals surface area contributed by atoms with E-state index in [1.165, 1.54) is 0 Å². The van der Waals surface area contributed by atoms with Gasteiger partial charge in [-0.3, -0.25) is 9.59 Å². The summed E-state index contributed by atoms with van der Waals surface area (Å²) in [7, 11) is 0. The molecule has 25 heavy (non-hydrogen) atoms. The number of piperidine rings is 1. The van der Waals surface area contributed by atoms with Gasteiger partial charge in [-0.15, -0.1) is 12.4 Å². The Morgan fingerprint density at radius 1 is 1.08 bits per heavy atom. The van der Waals surface area contributed by atoms with Crippen molar-refractivity contribution in [2.75, 3.05) is 11.4 Å². The highest BCUT2D eigenvalue weighted by Crippen LogP contribution is 2.21. The first-order valence-corrected chi connectivity index (χ1v) is 8.14. The predicted molar refractivity (Wildman–Crippen MR) is 101 cm³/mol. The molecule has 2 unspecified atom stereocenters. The van der Waals surface area contributed by atoms with E-state index in [1.807, 2.05) is 60.7 Å². The molecule has 3 N–H and O–H groups in total. The van der Waals surface area contributed by atoms with Crippen molar-refractivity contribution in [2.45, 2.75) is 24.9 Å². The molecule has 1 saturated heterocycles. The molecule has 6 heteroatoms. The smallest absolute Gasteiger partial charge is 0.249 e. The zero-order valence-corrected chi connectivity index (χ0v) is 14.6. The van der Waals surface area contributed by atoms with Gasteiger partial charge >= 0.3 is 0 Å². The van der Waals surface area contributed by atoms with E-state index in [0.29, 0.717) is 13.0 Å². The SMILES string of the molecule is Cl.NC(C(=O)NC1CCCN(c2ccccc2)C1=O)c1ccccc1. The van der Waals surface area contributed by atoms with E-state index in [9.17, 15) is 9.59 Å². The predicted octanol–water partition coefficient (Wildman–Crippen LogP) is 2.42. The average Bonchev–Trinajstić information content (AvgIpc) is 2.64. The molecule has 5 nitrogen and oxygen atoms in total. The lowest BCUT2D eigenvalue weighted by Gasteiger charge is -2.33. The molecule has 132 valence electrons. The maximum atomic E-state index is 12.7. The van der Waals surface area contributed by atoms with Crippen molar-refractivity contribution in [1.29, 1.82) is 0 Å². The van der Waals surface area contributed by atoms with E-state index >= 15 is 0 Å². The van der Waals surface area contributed by atoms with E-state index < -0.39 is 12.1 Å². The molecular weight excluding hydrogens is 338 g/mol. The van der Waals surface area contributed by atoms with Crippen molar-refractivity contribution in [3.8, 4) is 0 Å². The van der Waals surface area contributed by atoms with E-state index in [2.05, 4.69) is 5.32 Å². The van der Waals surface area contributed by atoms with Gasteiger partial charge in [0.15, 0.2) is 0 Å². The van der Waals surface area contributed by atoms with E-state index in [4.69, 9.17) is 5.73 Å². The molecule has 0 saturated carbocycles. The number of carbonyl (C=O) groups is 2. The van der Waals surface area contributed by atoms with Gasteiger partial charge in [0.1, 0.15) is 12.1 Å². The van der Waals surface area contributed by atoms with E-state index in [-0.39, 0.29) is 24.2 Å². The van der Waals surface area contributed by atoms with Gasteiger partial charge in [-0.25, -0.2) is 0 Å². The third-order valence-electron chi connectivity index (χ3n) is 4.26. The standard InChI is InChI=1S/C19H21N3O2.ClH/c20-17(14-8-3-1-4-9-14)18(23)21-16-12-7-13-22(19(16)24)15-10-5-2-6-11-15;/h1-6,8-11,16-17H,7,12-13,20H2,(H,21,23);1H. The second-order valence-electron chi connectivity index (χ2n) is 5.92. The van der Waals surface area contributed by atoms with Crippen LogP contribution in [0, 0.1) is 0 Å². The lowest BCUT2D eigenvalue weighted by Crippen LogP contribution is -2.54. The number of nitrogens with two attached hydrogens (primary N) is 1. The summed E-state index contributed by atoms with van der Waals surface area (Å²) in [4.78, 5) is 26.8. The van der Waals surface area contributed by atoms with Crippen molar-refractivity contribution in [2.24, 2.45) is 5.73 Å². The number of amides is 2. The maximum Gasteiger partial charge on any atom is 0.249 e. The van der Waals surface area contributed by atoms with Crippen molar-refractivity contribution in [3.05, 3.63) is 66.2 Å². The van der Waals surface area contributed by atoms with Crippen LogP contribution in [0.25, 0.3) is 0 Å². The van der Waals surface area contributed by atoms with Gasteiger partial charge in [-0.05, 0) is 30.5 Å². The molecular formula is C19H22ClN3O2. The van der Waals surface area contributed by atoms with Crippen molar-refractivity contribution in [1.82, 2.24) is 5.32 Å². The number of nitrogens with zero attached hydrogens (tertiary/aromatic N) is 1. The van der Waals surface area contributed by atoms with Crippen LogP contribution in [0.15, 0.2) is 60.7 Å². The minimum absolute atomic E-state index is 0. The second kappa shape index (κ2) is 8.65. The molecule has 2 atom stereocenters. The summed E-state index contributed by atoms with van der Waals surface area (Å²) < 4.78 is 0. The topological polar surface area (TPSA) is 75.4 Å². The summed E-state index contributed by atoms with van der Waals surface area (Å²) >= 11 is 0. The lowest BCUT2D eigenvalue weighted by atomic mass is 10.0. The van der Waals surface area contributed by atoms with Crippen molar-refractivity contribution < 1.29 is 9.59 Å². The Balaban J connectivity index is 0.00000225. The average molecular weight is 360 g/mol. The largest absolute Gasteiger partial charge is 0.343 e. The monoisotopic (exact) mass is 359 g/mol. The van der Waals surface area contributed by atoms with Crippen LogP contribution in [-0.4, -0.2) is 24.4 Å². The number of nitrogens with one attached hydrogen (secondary N) is 1. The van der Waals surface area contributed by atoms with Crippen LogP contribution >= 0.6 is 12.4 Å². The first-order valence-electron chi connectivity index (χ1n) is 8.14. The molecule has 1 aliphatic heterocycles. The number of hydrogen-bond donors (Lipinski definition) is 2. The Morgan fingerprint density at radius 3 is 2.32 bits per heavy atom. The number of hydrogen-bond acceptors (Lipinski definition) is 3. The summed E-state index contributed by atoms with van der Waals surface area (Å²) in [6, 6.07) is 17.4. The molecule has 1 aliphatic rings. The fraction of sp³-hybridized carbons (Fsp3) is 0.263. The quantitative estimate of drug-likeness (QED) is 0.880. The Morgan fingerprint density at radius 2 is 1.68 bits per heavy atom. The van der Waals surface area contributed by atoms with Crippen LogP contribution in [0.5, 0.6) is 0 Å². The molecule has 2 amide bonds. The molecule has 3 rings (SSSR count). The molecule has 1 fully saturated rings. The zero-order valence-electron chi connectivity index (χ0n) is 13.8. The molecule has 2 aromatic rings. The third kappa shape index (κ3) is 4.38. The summed E-state index contributed by atoms with van der Waals surface area (Å²) in [6.07, 6.45) is 1.47. The number of carbonyl (C=O) groups excluding carboxylic acids is 2. The molecule has 0 aliphatic carbocycles. The highest BCUT2D eigenvalue weighted by molar-refractivity contribution is 6.00. The Bertz CT molecular complexity index is 709. The number of para-hydroxylation sites is 1. The first kappa shape index (κ1) is 19.0. The highest BCUT2D eigenvalue weighted by Gasteiger charge is 2.31. The van der Waals surface area contributed by atoms with Gasteiger partial charge in [0.2, 0.25) is 11.8 Å². The van der Waals surface area contributed by atoms with Crippen LogP contribution in [0.4, 0.5) is 5.69 Å². The fourth-order valence-electron chi connectivity index (χ4n) is 2.95. The second-order valence-corrected chi connectivity index (χ2v) is 5.92. The third-order valence-corrected chi connectivity index (χ3v) is 4.26. The summed E-state index contributed by atoms with van der Waals surface area (Å²) in [5.74, 6) is -0.407. The van der Waals surface area contributed by atoms with Crippen molar-refractivity contribution in [3.63, 3.8) is 0 Å². The van der Waals surface area contributed by atoms with Crippen LogP contribution in [0.3, 0.4) is 0 Å². The molecule has 0 aromatic heterocycles. The van der Waals surface area contributed by atoms with Crippen LogP contribution < -0.4 is 16.0 Å². The van der Waals surface area contributed by atoms with E-state index in [0.717, 1.165) is 17.7 Å². The number of halogens is 1. The highest BCUT2D eigenvalue weighted by atomic mass is 35.5. The van der Waals surface area contributed by atoms with Crippen LogP contribution in [0.1, 0.15) is 24.4 Å². The molecule has 0 radical (unpaired) electrons. The molecule has 0 bridgehead atoms. The normalized spacial score (nSPS) is 18.2. The van der Waals surface area contributed by atoms with Gasteiger partial charge < -0.3 is 16.0 Å². The minimum atomic E-state index is -0.772. The lowest BCUT2D eigenvalue weighted by molar-refractivity contribution is -0.129. The minimum Gasteiger partial charge on any atom is -0.343 e. The van der Waals surface area contributed by atoms with Crippen molar-refractivity contribution >= 4 is 29.9 Å². The summed E-state index contributed by atoms with van der Waals surface area (Å²) in [6.45, 7) is 0.667. The van der Waals surface area contributed by atoms with Crippen LogP contribution in [-0.2, 0) is 9.59 Å². The van der Waals surface area contributed by atoms with Gasteiger partial charge in [0.05, 0.1) is 0 Å². The Kier molecular flexibility index (Phi) is 6.56. The first-order chi connectivity index (χ1) is 11.7. The fourth-order valence-corrected chi connectivity index (χ4v) is 2.95. The summed E-state index contributed by atoms with van der Waals surface area (Å²) in [5, 5.41) is 2.81. The zero-order chi connectivity index (χ0) is 16.9.